The number of aliphatic hydroxyl groups excluding tert-OH is 1. The molecule has 2 amide bonds. The molecule has 1 saturated carbocycles. The molecular formula is C17H20F2N6O3. The molecule has 1 aliphatic heterocycles. The van der Waals surface area contributed by atoms with Crippen molar-refractivity contribution in [1.82, 2.24) is 29.7 Å². The van der Waals surface area contributed by atoms with Crippen LogP contribution in [0.3, 0.4) is 0 Å². The van der Waals surface area contributed by atoms with E-state index in [0.717, 1.165) is 0 Å². The number of hydrogen-bond acceptors (Lipinski definition) is 6. The van der Waals surface area contributed by atoms with Gasteiger partial charge in [-0.1, -0.05) is 6.92 Å². The van der Waals surface area contributed by atoms with Crippen LogP contribution in [0.1, 0.15) is 23.8 Å². The fraction of sp³-hybridized carbons (Fsp3) is 0.588. The van der Waals surface area contributed by atoms with Gasteiger partial charge in [0.1, 0.15) is 11.8 Å². The number of piperazine rings is 1. The van der Waals surface area contributed by atoms with E-state index >= 15 is 0 Å². The van der Waals surface area contributed by atoms with E-state index in [-0.39, 0.29) is 44.3 Å². The van der Waals surface area contributed by atoms with E-state index in [1.54, 1.807) is 0 Å². The zero-order valence-corrected chi connectivity index (χ0v) is 15.2. The number of aliphatic hydroxyl groups is 1. The maximum atomic E-state index is 13.1. The topological polar surface area (TPSA) is 115 Å². The van der Waals surface area contributed by atoms with Gasteiger partial charge in [0.15, 0.2) is 11.3 Å². The Morgan fingerprint density at radius 1 is 1.36 bits per heavy atom. The lowest BCUT2D eigenvalue weighted by molar-refractivity contribution is -0.137. The average Bonchev–Trinajstić information content (AvgIpc) is 3.18. The fourth-order valence-corrected chi connectivity index (χ4v) is 3.75. The molecule has 0 radical (unpaired) electrons. The number of aromatic nitrogens is 4. The molecule has 1 unspecified atom stereocenters. The molecule has 3 heterocycles. The zero-order valence-electron chi connectivity index (χ0n) is 15.2. The van der Waals surface area contributed by atoms with Gasteiger partial charge >= 0.3 is 0 Å². The van der Waals surface area contributed by atoms with Gasteiger partial charge < -0.3 is 19.9 Å². The second-order valence-corrected chi connectivity index (χ2v) is 7.51. The van der Waals surface area contributed by atoms with Crippen molar-refractivity contribution >= 4 is 23.0 Å². The van der Waals surface area contributed by atoms with Crippen LogP contribution in [0, 0.1) is 11.3 Å². The lowest BCUT2D eigenvalue weighted by Crippen LogP contribution is -2.58. The molecule has 2 aliphatic rings. The summed E-state index contributed by atoms with van der Waals surface area (Å²) in [6.45, 7) is 1.54. The van der Waals surface area contributed by atoms with E-state index in [1.807, 2.05) is 0 Å². The van der Waals surface area contributed by atoms with E-state index in [4.69, 9.17) is 0 Å². The first-order valence-corrected chi connectivity index (χ1v) is 8.99. The van der Waals surface area contributed by atoms with Crippen LogP contribution >= 0.6 is 0 Å². The second kappa shape index (κ2) is 6.73. The Kier molecular flexibility index (Phi) is 4.48. The maximum Gasteiger partial charge on any atom is 0.275 e. The normalized spacial score (nSPS) is 27.5. The van der Waals surface area contributed by atoms with E-state index in [0.29, 0.717) is 11.2 Å². The van der Waals surface area contributed by atoms with Crippen molar-refractivity contribution in [3.63, 3.8) is 0 Å². The van der Waals surface area contributed by atoms with E-state index in [2.05, 4.69) is 19.9 Å². The standard InChI is InChI=1S/C17H20F2N6O3/c1-17(16(18)19)4-10(17)14(27)24-2-3-25(9(5-24)6-26)15(28)12-11-13(22-7-20-11)23-8-21-12/h7-10,16,26H,2-6H2,1H3,(H,20,21,22,23)/t9?,10-,17-/m0/s1. The van der Waals surface area contributed by atoms with Gasteiger partial charge in [-0.05, 0) is 6.42 Å². The summed E-state index contributed by atoms with van der Waals surface area (Å²) in [4.78, 5) is 43.3. The van der Waals surface area contributed by atoms with Crippen LogP contribution < -0.4 is 0 Å². The Bertz CT molecular complexity index is 921. The van der Waals surface area contributed by atoms with Crippen LogP contribution in [-0.2, 0) is 4.79 Å². The van der Waals surface area contributed by atoms with Crippen LogP contribution in [0.5, 0.6) is 0 Å². The molecule has 2 aromatic heterocycles. The number of rotatable bonds is 4. The number of halogens is 2. The molecule has 150 valence electrons. The van der Waals surface area contributed by atoms with E-state index in [9.17, 15) is 23.5 Å². The number of alkyl halides is 2. The van der Waals surface area contributed by atoms with Crippen molar-refractivity contribution in [2.24, 2.45) is 11.3 Å². The van der Waals surface area contributed by atoms with Gasteiger partial charge in [-0.25, -0.2) is 23.7 Å². The lowest BCUT2D eigenvalue weighted by atomic mass is 10.1. The number of aromatic amines is 1. The molecule has 0 aromatic carbocycles. The van der Waals surface area contributed by atoms with Crippen LogP contribution in [-0.4, -0.2) is 85.4 Å². The fourth-order valence-electron chi connectivity index (χ4n) is 3.75. The first-order valence-electron chi connectivity index (χ1n) is 8.99. The maximum absolute atomic E-state index is 13.1. The Balaban J connectivity index is 1.49. The molecule has 1 aliphatic carbocycles. The minimum Gasteiger partial charge on any atom is -0.394 e. The number of nitrogens with one attached hydrogen (secondary N) is 1. The summed E-state index contributed by atoms with van der Waals surface area (Å²) in [6.07, 6.45) is 0.256. The molecular weight excluding hydrogens is 374 g/mol. The van der Waals surface area contributed by atoms with Crippen molar-refractivity contribution in [3.8, 4) is 0 Å². The Labute approximate surface area is 158 Å². The SMILES string of the molecule is C[C@]1(C(F)F)C[C@H]1C(=O)N1CCN(C(=O)c2ncnc3nc[nH]c23)C(CO)C1. The Morgan fingerprint density at radius 2 is 2.14 bits per heavy atom. The van der Waals surface area contributed by atoms with E-state index < -0.39 is 29.7 Å². The lowest BCUT2D eigenvalue weighted by Gasteiger charge is -2.40. The van der Waals surface area contributed by atoms with Gasteiger partial charge in [0, 0.05) is 31.0 Å². The third-order valence-electron chi connectivity index (χ3n) is 5.77. The highest BCUT2D eigenvalue weighted by Gasteiger charge is 2.61. The summed E-state index contributed by atoms with van der Waals surface area (Å²) < 4.78 is 26.2. The van der Waals surface area contributed by atoms with Gasteiger partial charge in [-0.2, -0.15) is 0 Å². The van der Waals surface area contributed by atoms with Gasteiger partial charge in [-0.15, -0.1) is 0 Å². The number of fused-ring (bicyclic) bond motifs is 1. The van der Waals surface area contributed by atoms with Crippen molar-refractivity contribution in [3.05, 3.63) is 18.3 Å². The van der Waals surface area contributed by atoms with Crippen LogP contribution in [0.15, 0.2) is 12.7 Å². The number of H-pyrrole nitrogens is 1. The predicted molar refractivity (Wildman–Crippen MR) is 92.4 cm³/mol. The van der Waals surface area contributed by atoms with Crippen LogP contribution in [0.2, 0.25) is 0 Å². The number of amides is 2. The van der Waals surface area contributed by atoms with Gasteiger partial charge in [0.25, 0.3) is 5.91 Å². The summed E-state index contributed by atoms with van der Waals surface area (Å²) in [5, 5.41) is 9.77. The monoisotopic (exact) mass is 394 g/mol. The molecule has 0 bridgehead atoms. The number of nitrogens with zero attached hydrogens (tertiary/aromatic N) is 5. The van der Waals surface area contributed by atoms with Crippen molar-refractivity contribution in [2.45, 2.75) is 25.8 Å². The van der Waals surface area contributed by atoms with Crippen molar-refractivity contribution < 1.29 is 23.5 Å². The molecule has 0 spiro atoms. The highest BCUT2D eigenvalue weighted by Crippen LogP contribution is 2.57. The molecule has 11 heteroatoms. The summed E-state index contributed by atoms with van der Waals surface area (Å²) in [5.74, 6) is -1.46. The summed E-state index contributed by atoms with van der Waals surface area (Å²) in [6, 6.07) is -0.644. The second-order valence-electron chi connectivity index (χ2n) is 7.51. The van der Waals surface area contributed by atoms with Gasteiger partial charge in [-0.3, -0.25) is 9.59 Å². The highest BCUT2D eigenvalue weighted by atomic mass is 19.3. The zero-order chi connectivity index (χ0) is 20.1. The van der Waals surface area contributed by atoms with Crippen LogP contribution in [0.4, 0.5) is 8.78 Å². The molecule has 2 N–H and O–H groups in total. The van der Waals surface area contributed by atoms with Crippen molar-refractivity contribution in [2.75, 3.05) is 26.2 Å². The smallest absolute Gasteiger partial charge is 0.275 e. The molecule has 2 fully saturated rings. The Hall–Kier alpha value is -2.69. The molecule has 2 aromatic rings. The molecule has 9 nitrogen and oxygen atoms in total. The predicted octanol–water partition coefficient (Wildman–Crippen LogP) is 0.290. The summed E-state index contributed by atoms with van der Waals surface area (Å²) in [5.41, 5.74) is -0.388. The summed E-state index contributed by atoms with van der Waals surface area (Å²) in [7, 11) is 0. The first kappa shape index (κ1) is 18.7. The van der Waals surface area contributed by atoms with E-state index in [1.165, 1.54) is 29.4 Å². The summed E-state index contributed by atoms with van der Waals surface area (Å²) >= 11 is 0. The third kappa shape index (κ3) is 2.89. The van der Waals surface area contributed by atoms with Gasteiger partial charge in [0.2, 0.25) is 12.3 Å². The first-order chi connectivity index (χ1) is 13.4. The van der Waals surface area contributed by atoms with Gasteiger partial charge in [0.05, 0.1) is 19.0 Å². The molecule has 28 heavy (non-hydrogen) atoms. The largest absolute Gasteiger partial charge is 0.394 e. The number of hydrogen-bond donors (Lipinski definition) is 2. The quantitative estimate of drug-likeness (QED) is 0.770. The van der Waals surface area contributed by atoms with Crippen LogP contribution in [0.25, 0.3) is 11.2 Å². The third-order valence-corrected chi connectivity index (χ3v) is 5.77. The Morgan fingerprint density at radius 3 is 2.82 bits per heavy atom. The number of carbonyl (C=O) groups is 2. The number of imidazole rings is 1. The molecule has 4 rings (SSSR count). The highest BCUT2D eigenvalue weighted by molar-refractivity contribution is 6.02. The number of carbonyl (C=O) groups excluding carboxylic acids is 2. The molecule has 3 atom stereocenters. The van der Waals surface area contributed by atoms with Crippen molar-refractivity contribution in [1.29, 1.82) is 0 Å². The minimum atomic E-state index is -2.55. The molecule has 1 saturated heterocycles. The minimum absolute atomic E-state index is 0.0914. The average molecular weight is 394 g/mol.